The monoisotopic (exact) mass is 417 g/mol. The van der Waals surface area contributed by atoms with Crippen molar-refractivity contribution in [2.24, 2.45) is 0 Å². The van der Waals surface area contributed by atoms with Crippen molar-refractivity contribution in [1.82, 2.24) is 5.32 Å². The zero-order chi connectivity index (χ0) is 21.6. The molecule has 2 N–H and O–H groups in total. The number of carbonyl (C=O) groups is 2. The van der Waals surface area contributed by atoms with Crippen molar-refractivity contribution in [3.63, 3.8) is 0 Å². The van der Waals surface area contributed by atoms with Crippen molar-refractivity contribution in [3.05, 3.63) is 59.1 Å². The standard InChI is InChI=1S/C23H28ClNO4/c1-5-19(22(28)29-23(2,3)4)25-20(21(26)27)13-15-9-11-16(12-10-15)17-7-6-8-18(24)14-17/h6-12,14,19-20,25H,5,13H2,1-4H3,(H,26,27)/t19-,20-/m0/s1. The van der Waals surface area contributed by atoms with Crippen LogP contribution in [-0.2, 0) is 20.7 Å². The highest BCUT2D eigenvalue weighted by Crippen LogP contribution is 2.23. The maximum absolute atomic E-state index is 12.3. The van der Waals surface area contributed by atoms with Gasteiger partial charge in [-0.2, -0.15) is 0 Å². The van der Waals surface area contributed by atoms with Crippen molar-refractivity contribution < 1.29 is 19.4 Å². The van der Waals surface area contributed by atoms with Crippen LogP contribution in [0.2, 0.25) is 5.02 Å². The Morgan fingerprint density at radius 2 is 1.72 bits per heavy atom. The van der Waals surface area contributed by atoms with Gasteiger partial charge >= 0.3 is 11.9 Å². The van der Waals surface area contributed by atoms with Gasteiger partial charge in [0.05, 0.1) is 0 Å². The van der Waals surface area contributed by atoms with Gasteiger partial charge < -0.3 is 9.84 Å². The molecule has 0 fully saturated rings. The van der Waals surface area contributed by atoms with E-state index in [1.807, 2.05) is 55.5 Å². The summed E-state index contributed by atoms with van der Waals surface area (Å²) < 4.78 is 5.39. The zero-order valence-electron chi connectivity index (χ0n) is 17.2. The molecular weight excluding hydrogens is 390 g/mol. The van der Waals surface area contributed by atoms with Gasteiger partial charge in [0.2, 0.25) is 0 Å². The van der Waals surface area contributed by atoms with Crippen LogP contribution in [0.1, 0.15) is 39.7 Å². The first kappa shape index (κ1) is 22.9. The van der Waals surface area contributed by atoms with E-state index >= 15 is 0 Å². The summed E-state index contributed by atoms with van der Waals surface area (Å²) in [5.74, 6) is -1.45. The number of rotatable bonds is 8. The largest absolute Gasteiger partial charge is 0.480 e. The van der Waals surface area contributed by atoms with E-state index in [2.05, 4.69) is 5.32 Å². The van der Waals surface area contributed by atoms with Gasteiger partial charge in [-0.15, -0.1) is 0 Å². The number of hydrogen-bond donors (Lipinski definition) is 2. The molecule has 0 saturated carbocycles. The average Bonchev–Trinajstić information content (AvgIpc) is 2.64. The first-order chi connectivity index (χ1) is 13.6. The quantitative estimate of drug-likeness (QED) is 0.608. The predicted molar refractivity (Wildman–Crippen MR) is 115 cm³/mol. The summed E-state index contributed by atoms with van der Waals surface area (Å²) in [6.07, 6.45) is 0.691. The Bertz CT molecular complexity index is 843. The lowest BCUT2D eigenvalue weighted by Gasteiger charge is -2.26. The fourth-order valence-electron chi connectivity index (χ4n) is 2.92. The third-order valence-corrected chi connectivity index (χ3v) is 4.59. The maximum Gasteiger partial charge on any atom is 0.323 e. The second-order valence-corrected chi connectivity index (χ2v) is 8.40. The Labute approximate surface area is 177 Å². The lowest BCUT2D eigenvalue weighted by atomic mass is 10.00. The van der Waals surface area contributed by atoms with E-state index in [1.165, 1.54) is 0 Å². The van der Waals surface area contributed by atoms with Crippen LogP contribution in [0, 0.1) is 0 Å². The van der Waals surface area contributed by atoms with Crippen LogP contribution in [-0.4, -0.2) is 34.7 Å². The van der Waals surface area contributed by atoms with Crippen LogP contribution in [0.25, 0.3) is 11.1 Å². The van der Waals surface area contributed by atoms with Crippen LogP contribution >= 0.6 is 11.6 Å². The zero-order valence-corrected chi connectivity index (χ0v) is 18.0. The summed E-state index contributed by atoms with van der Waals surface area (Å²) in [6.45, 7) is 7.18. The van der Waals surface area contributed by atoms with Crippen LogP contribution < -0.4 is 5.32 Å². The molecule has 156 valence electrons. The fourth-order valence-corrected chi connectivity index (χ4v) is 3.11. The van der Waals surface area contributed by atoms with E-state index < -0.39 is 29.6 Å². The third kappa shape index (κ3) is 7.18. The second-order valence-electron chi connectivity index (χ2n) is 7.96. The van der Waals surface area contributed by atoms with Crippen LogP contribution in [0.3, 0.4) is 0 Å². The van der Waals surface area contributed by atoms with Gasteiger partial charge in [-0.3, -0.25) is 14.9 Å². The van der Waals surface area contributed by atoms with E-state index in [4.69, 9.17) is 16.3 Å². The number of hydrogen-bond acceptors (Lipinski definition) is 4. The molecule has 5 nitrogen and oxygen atoms in total. The Morgan fingerprint density at radius 1 is 1.07 bits per heavy atom. The molecular formula is C23H28ClNO4. The molecule has 0 aliphatic heterocycles. The van der Waals surface area contributed by atoms with E-state index in [1.54, 1.807) is 20.8 Å². The summed E-state index contributed by atoms with van der Waals surface area (Å²) in [5, 5.41) is 13.2. The molecule has 2 rings (SSSR count). The first-order valence-corrected chi connectivity index (χ1v) is 10.0. The van der Waals surface area contributed by atoms with Crippen molar-refractivity contribution in [1.29, 1.82) is 0 Å². The highest BCUT2D eigenvalue weighted by molar-refractivity contribution is 6.30. The van der Waals surface area contributed by atoms with E-state index in [0.717, 1.165) is 16.7 Å². The summed E-state index contributed by atoms with van der Waals surface area (Å²) >= 11 is 6.05. The predicted octanol–water partition coefficient (Wildman–Crippen LogP) is 4.71. The van der Waals surface area contributed by atoms with Gasteiger partial charge in [0, 0.05) is 5.02 Å². The minimum absolute atomic E-state index is 0.254. The minimum Gasteiger partial charge on any atom is -0.480 e. The Hall–Kier alpha value is -2.37. The molecule has 0 unspecified atom stereocenters. The lowest BCUT2D eigenvalue weighted by Crippen LogP contribution is -2.49. The van der Waals surface area contributed by atoms with Gasteiger partial charge in [0.25, 0.3) is 0 Å². The number of carboxylic acid groups (broad SMARTS) is 1. The Morgan fingerprint density at radius 3 is 2.24 bits per heavy atom. The summed E-state index contributed by atoms with van der Waals surface area (Å²) in [7, 11) is 0. The summed E-state index contributed by atoms with van der Waals surface area (Å²) in [5.41, 5.74) is 2.22. The van der Waals surface area contributed by atoms with Crippen molar-refractivity contribution >= 4 is 23.5 Å². The number of nitrogens with one attached hydrogen (secondary N) is 1. The maximum atomic E-state index is 12.3. The molecule has 6 heteroatoms. The number of carbonyl (C=O) groups excluding carboxylic acids is 1. The molecule has 0 heterocycles. The molecule has 0 saturated heterocycles. The third-order valence-electron chi connectivity index (χ3n) is 4.35. The van der Waals surface area contributed by atoms with Gasteiger partial charge in [-0.1, -0.05) is 54.9 Å². The number of carboxylic acids is 1. The molecule has 0 bridgehead atoms. The van der Waals surface area contributed by atoms with Crippen molar-refractivity contribution in [2.75, 3.05) is 0 Å². The van der Waals surface area contributed by atoms with Gasteiger partial charge in [0.1, 0.15) is 17.7 Å². The molecule has 0 aliphatic rings. The number of halogens is 1. The average molecular weight is 418 g/mol. The molecule has 29 heavy (non-hydrogen) atoms. The molecule has 0 radical (unpaired) electrons. The lowest BCUT2D eigenvalue weighted by molar-refractivity contribution is -0.158. The molecule has 0 amide bonds. The number of aliphatic carboxylic acids is 1. The van der Waals surface area contributed by atoms with E-state index in [9.17, 15) is 14.7 Å². The minimum atomic E-state index is -1.01. The van der Waals surface area contributed by atoms with Crippen molar-refractivity contribution in [3.8, 4) is 11.1 Å². The number of ether oxygens (including phenoxy) is 1. The summed E-state index contributed by atoms with van der Waals surface area (Å²) in [4.78, 5) is 24.1. The van der Waals surface area contributed by atoms with Gasteiger partial charge in [0.15, 0.2) is 0 Å². The SMILES string of the molecule is CC[C@H](N[C@@H](Cc1ccc(-c2cccc(Cl)c2)cc1)C(=O)O)C(=O)OC(C)(C)C. The number of esters is 1. The van der Waals surface area contributed by atoms with Crippen LogP contribution in [0.5, 0.6) is 0 Å². The second kappa shape index (κ2) is 9.90. The summed E-state index contributed by atoms with van der Waals surface area (Å²) in [6, 6.07) is 13.6. The van der Waals surface area contributed by atoms with E-state index in [0.29, 0.717) is 11.4 Å². The van der Waals surface area contributed by atoms with E-state index in [-0.39, 0.29) is 6.42 Å². The van der Waals surface area contributed by atoms with Crippen LogP contribution in [0.4, 0.5) is 0 Å². The first-order valence-electron chi connectivity index (χ1n) is 9.65. The molecule has 2 aromatic carbocycles. The van der Waals surface area contributed by atoms with Crippen molar-refractivity contribution in [2.45, 2.75) is 58.2 Å². The Kier molecular flexibility index (Phi) is 7.82. The highest BCUT2D eigenvalue weighted by Gasteiger charge is 2.28. The number of benzene rings is 2. The molecule has 0 aliphatic carbocycles. The topological polar surface area (TPSA) is 75.6 Å². The fraction of sp³-hybridized carbons (Fsp3) is 0.391. The van der Waals surface area contributed by atoms with Crippen LogP contribution in [0.15, 0.2) is 48.5 Å². The molecule has 2 aromatic rings. The van der Waals surface area contributed by atoms with Gasteiger partial charge in [-0.05, 0) is 62.4 Å². The van der Waals surface area contributed by atoms with Gasteiger partial charge in [-0.25, -0.2) is 0 Å². The molecule has 0 aromatic heterocycles. The molecule has 2 atom stereocenters. The highest BCUT2D eigenvalue weighted by atomic mass is 35.5. The Balaban J connectivity index is 2.10. The normalized spacial score (nSPS) is 13.6. The molecule has 0 spiro atoms. The smallest absolute Gasteiger partial charge is 0.323 e.